The fourth-order valence-electron chi connectivity index (χ4n) is 2.76. The summed E-state index contributed by atoms with van der Waals surface area (Å²) < 4.78 is 33.1. The Bertz CT molecular complexity index is 574. The molecule has 21 heavy (non-hydrogen) atoms. The number of sulfonamides is 1. The molecule has 0 saturated carbocycles. The summed E-state index contributed by atoms with van der Waals surface area (Å²) in [7, 11) is -3.32. The second-order valence-electron chi connectivity index (χ2n) is 5.81. The Morgan fingerprint density at radius 3 is 2.86 bits per heavy atom. The van der Waals surface area contributed by atoms with Gasteiger partial charge in [0.2, 0.25) is 10.0 Å². The fraction of sp³-hybridized carbons (Fsp3) is 0.600. The minimum Gasteiger partial charge on any atom is -0.381 e. The van der Waals surface area contributed by atoms with Crippen LogP contribution >= 0.6 is 11.6 Å². The van der Waals surface area contributed by atoms with Gasteiger partial charge in [0.05, 0.1) is 11.9 Å². The van der Waals surface area contributed by atoms with Crippen molar-refractivity contribution < 1.29 is 13.2 Å². The Balaban J connectivity index is 2.16. The molecule has 0 bridgehead atoms. The van der Waals surface area contributed by atoms with Gasteiger partial charge in [-0.25, -0.2) is 13.1 Å². The van der Waals surface area contributed by atoms with Gasteiger partial charge in [-0.15, -0.1) is 0 Å². The molecule has 1 N–H and O–H groups in total. The van der Waals surface area contributed by atoms with Gasteiger partial charge in [0.15, 0.2) is 0 Å². The molecule has 1 aliphatic rings. The van der Waals surface area contributed by atoms with Gasteiger partial charge in [0, 0.05) is 23.6 Å². The van der Waals surface area contributed by atoms with E-state index in [0.29, 0.717) is 31.1 Å². The van der Waals surface area contributed by atoms with Crippen LogP contribution in [0.3, 0.4) is 0 Å². The normalized spacial score (nSPS) is 23.4. The van der Waals surface area contributed by atoms with Crippen LogP contribution in [0.5, 0.6) is 0 Å². The van der Waals surface area contributed by atoms with Crippen LogP contribution in [0.4, 0.5) is 0 Å². The van der Waals surface area contributed by atoms with Gasteiger partial charge in [-0.1, -0.05) is 23.7 Å². The third-order valence-electron chi connectivity index (χ3n) is 3.59. The highest BCUT2D eigenvalue weighted by molar-refractivity contribution is 7.90. The van der Waals surface area contributed by atoms with Gasteiger partial charge < -0.3 is 4.74 Å². The summed E-state index contributed by atoms with van der Waals surface area (Å²) in [5.74, 6) is -0.0477. The fourth-order valence-corrected chi connectivity index (χ4v) is 4.89. The minimum absolute atomic E-state index is 0.0477. The molecule has 6 heteroatoms. The van der Waals surface area contributed by atoms with Crippen molar-refractivity contribution in [2.24, 2.45) is 5.92 Å². The summed E-state index contributed by atoms with van der Waals surface area (Å²) >= 11 is 6.00. The Hall–Kier alpha value is -0.620. The van der Waals surface area contributed by atoms with E-state index < -0.39 is 15.3 Å². The molecule has 118 valence electrons. The quantitative estimate of drug-likeness (QED) is 0.902. The Kier molecular flexibility index (Phi) is 5.66. The molecule has 4 nitrogen and oxygen atoms in total. The summed E-state index contributed by atoms with van der Waals surface area (Å²) in [4.78, 5) is 0. The van der Waals surface area contributed by atoms with Gasteiger partial charge in [-0.3, -0.25) is 0 Å². The second kappa shape index (κ2) is 7.09. The average molecular weight is 332 g/mol. The van der Waals surface area contributed by atoms with Crippen molar-refractivity contribution in [3.8, 4) is 0 Å². The maximum absolute atomic E-state index is 12.5. The van der Waals surface area contributed by atoms with Crippen LogP contribution in [0.2, 0.25) is 5.02 Å². The van der Waals surface area contributed by atoms with Crippen LogP contribution in [0.15, 0.2) is 24.3 Å². The van der Waals surface area contributed by atoms with Crippen LogP contribution in [-0.4, -0.2) is 32.9 Å². The maximum atomic E-state index is 12.5. The van der Waals surface area contributed by atoms with Crippen molar-refractivity contribution in [3.63, 3.8) is 0 Å². The SMILES string of the molecule is CC(C)NS(=O)(=O)[C@@H]1CCOC[C@H]1Cc1cccc(Cl)c1. The highest BCUT2D eigenvalue weighted by atomic mass is 35.5. The van der Waals surface area contributed by atoms with Crippen molar-refractivity contribution >= 4 is 21.6 Å². The summed E-state index contributed by atoms with van der Waals surface area (Å²) in [5, 5.41) is 0.261. The first-order chi connectivity index (χ1) is 9.88. The van der Waals surface area contributed by atoms with E-state index in [1.165, 1.54) is 0 Å². The van der Waals surface area contributed by atoms with E-state index in [1.807, 2.05) is 38.1 Å². The van der Waals surface area contributed by atoms with Gasteiger partial charge >= 0.3 is 0 Å². The molecule has 1 aromatic rings. The van der Waals surface area contributed by atoms with Crippen LogP contribution in [-0.2, 0) is 21.2 Å². The Morgan fingerprint density at radius 2 is 2.19 bits per heavy atom. The van der Waals surface area contributed by atoms with Gasteiger partial charge in [0.25, 0.3) is 0 Å². The molecule has 1 aromatic carbocycles. The predicted molar refractivity (Wildman–Crippen MR) is 85.1 cm³/mol. The molecule has 0 spiro atoms. The molecule has 1 fully saturated rings. The van der Waals surface area contributed by atoms with Gasteiger partial charge in [-0.2, -0.15) is 0 Å². The molecule has 0 aromatic heterocycles. The zero-order valence-electron chi connectivity index (χ0n) is 12.4. The molecule has 0 unspecified atom stereocenters. The van der Waals surface area contributed by atoms with Crippen LogP contribution in [0.25, 0.3) is 0 Å². The zero-order chi connectivity index (χ0) is 15.5. The molecule has 2 atom stereocenters. The zero-order valence-corrected chi connectivity index (χ0v) is 14.0. The highest BCUT2D eigenvalue weighted by Gasteiger charge is 2.36. The monoisotopic (exact) mass is 331 g/mol. The molecule has 0 aliphatic carbocycles. The van der Waals surface area contributed by atoms with Crippen LogP contribution in [0.1, 0.15) is 25.8 Å². The van der Waals surface area contributed by atoms with Crippen LogP contribution in [0, 0.1) is 5.92 Å². The Labute approximate surface area is 131 Å². The first-order valence-electron chi connectivity index (χ1n) is 7.22. The number of rotatable bonds is 5. The van der Waals surface area contributed by atoms with Crippen molar-refractivity contribution in [1.29, 1.82) is 0 Å². The first kappa shape index (κ1) is 16.7. The molecule has 2 rings (SSSR count). The van der Waals surface area contributed by atoms with Crippen molar-refractivity contribution in [3.05, 3.63) is 34.9 Å². The van der Waals surface area contributed by atoms with Gasteiger partial charge in [0.1, 0.15) is 0 Å². The maximum Gasteiger partial charge on any atom is 0.215 e. The molecule has 1 saturated heterocycles. The molecular weight excluding hydrogens is 310 g/mol. The molecule has 0 radical (unpaired) electrons. The summed E-state index contributed by atoms with van der Waals surface area (Å²) in [6.07, 6.45) is 1.19. The molecule has 1 aliphatic heterocycles. The molecule has 1 heterocycles. The van der Waals surface area contributed by atoms with E-state index >= 15 is 0 Å². The third kappa shape index (κ3) is 4.68. The lowest BCUT2D eigenvalue weighted by Crippen LogP contribution is -2.46. The topological polar surface area (TPSA) is 55.4 Å². The number of hydrogen-bond donors (Lipinski definition) is 1. The lowest BCUT2D eigenvalue weighted by Gasteiger charge is -2.32. The lowest BCUT2D eigenvalue weighted by atomic mass is 9.94. The van der Waals surface area contributed by atoms with E-state index in [0.717, 1.165) is 5.56 Å². The highest BCUT2D eigenvalue weighted by Crippen LogP contribution is 2.26. The van der Waals surface area contributed by atoms with E-state index in [4.69, 9.17) is 16.3 Å². The first-order valence-corrected chi connectivity index (χ1v) is 9.14. The number of benzene rings is 1. The van der Waals surface area contributed by atoms with E-state index in [1.54, 1.807) is 0 Å². The standard InChI is InChI=1S/C15H22ClNO3S/c1-11(2)17-21(18,19)15-6-7-20-10-13(15)8-12-4-3-5-14(16)9-12/h3-5,9,11,13,15,17H,6-8,10H2,1-2H3/t13-,15-/m1/s1. The van der Waals surface area contributed by atoms with Crippen LogP contribution < -0.4 is 4.72 Å². The summed E-state index contributed by atoms with van der Waals surface area (Å²) in [6, 6.07) is 7.47. The number of nitrogens with one attached hydrogen (secondary N) is 1. The number of halogens is 1. The van der Waals surface area contributed by atoms with Crippen molar-refractivity contribution in [2.75, 3.05) is 13.2 Å². The lowest BCUT2D eigenvalue weighted by molar-refractivity contribution is 0.0569. The van der Waals surface area contributed by atoms with E-state index in [-0.39, 0.29) is 12.0 Å². The second-order valence-corrected chi connectivity index (χ2v) is 8.18. The number of hydrogen-bond acceptors (Lipinski definition) is 3. The van der Waals surface area contributed by atoms with Crippen molar-refractivity contribution in [1.82, 2.24) is 4.72 Å². The third-order valence-corrected chi connectivity index (χ3v) is 6.04. The largest absolute Gasteiger partial charge is 0.381 e. The average Bonchev–Trinajstić information content (AvgIpc) is 2.37. The smallest absolute Gasteiger partial charge is 0.215 e. The van der Waals surface area contributed by atoms with Gasteiger partial charge in [-0.05, 0) is 44.4 Å². The van der Waals surface area contributed by atoms with E-state index in [2.05, 4.69) is 4.72 Å². The summed E-state index contributed by atoms with van der Waals surface area (Å²) in [6.45, 7) is 4.64. The summed E-state index contributed by atoms with van der Waals surface area (Å²) in [5.41, 5.74) is 1.04. The predicted octanol–water partition coefficient (Wildman–Crippen LogP) is 2.62. The minimum atomic E-state index is -3.32. The van der Waals surface area contributed by atoms with E-state index in [9.17, 15) is 8.42 Å². The Morgan fingerprint density at radius 1 is 1.43 bits per heavy atom. The molecule has 0 amide bonds. The molecular formula is C15H22ClNO3S. The number of ether oxygens (including phenoxy) is 1. The van der Waals surface area contributed by atoms with Crippen molar-refractivity contribution in [2.45, 2.75) is 38.0 Å².